The van der Waals surface area contributed by atoms with E-state index in [9.17, 15) is 0 Å². The van der Waals surface area contributed by atoms with Gasteiger partial charge in [0.1, 0.15) is 0 Å². The highest BCUT2D eigenvalue weighted by Gasteiger charge is 2.17. The van der Waals surface area contributed by atoms with Crippen molar-refractivity contribution >= 4 is 22.8 Å². The minimum Gasteiger partial charge on any atom is -0.103 e. The molecule has 0 spiro atoms. The van der Waals surface area contributed by atoms with Gasteiger partial charge in [0.2, 0.25) is 0 Å². The Morgan fingerprint density at radius 3 is 1.52 bits per heavy atom. The average Bonchev–Trinajstić information content (AvgIpc) is 2.85. The van der Waals surface area contributed by atoms with E-state index in [1.54, 1.807) is 0 Å². The van der Waals surface area contributed by atoms with Crippen LogP contribution in [-0.2, 0) is 0 Å². The first-order valence-electron chi connectivity index (χ1n) is 10.6. The lowest BCUT2D eigenvalue weighted by molar-refractivity contribution is 1.40. The summed E-state index contributed by atoms with van der Waals surface area (Å²) >= 11 is 0. The minimum absolute atomic E-state index is 0.785. The first kappa shape index (κ1) is 20.4. The van der Waals surface area contributed by atoms with Gasteiger partial charge in [0.05, 0.1) is 0 Å². The van der Waals surface area contributed by atoms with Crippen LogP contribution in [0, 0.1) is 0 Å². The third-order valence-electron chi connectivity index (χ3n) is 5.30. The zero-order chi connectivity index (χ0) is 21.3. The van der Waals surface area contributed by atoms with Crippen LogP contribution >= 0.6 is 0 Å². The lowest BCUT2D eigenvalue weighted by atomic mass is 9.84. The number of hydrogen-bond donors (Lipinski definition) is 0. The van der Waals surface area contributed by atoms with Crippen LogP contribution in [0.15, 0.2) is 134 Å². The summed E-state index contributed by atoms with van der Waals surface area (Å²) in [5.41, 5.74) is 8.52. The second kappa shape index (κ2) is 10.2. The van der Waals surface area contributed by atoms with Gasteiger partial charge in [-0.25, -0.2) is 0 Å². The lowest BCUT2D eigenvalue weighted by Gasteiger charge is -2.20. The van der Waals surface area contributed by atoms with Crippen molar-refractivity contribution in [3.63, 3.8) is 0 Å². The number of allylic oxidation sites excluding steroid dienone is 4. The standard InChI is InChI=1S/C31H26/c1-2-15-29(26-18-9-4-10-19-26)31(28-22-13-6-14-23-28)30(27-20-11-5-12-21-27)24-25-16-7-3-8-17-25/h2-14,16-24H,1,15H2/b30-24+,31-29-. The fourth-order valence-corrected chi connectivity index (χ4v) is 3.88. The third-order valence-corrected chi connectivity index (χ3v) is 5.30. The zero-order valence-corrected chi connectivity index (χ0v) is 17.6. The van der Waals surface area contributed by atoms with Gasteiger partial charge in [-0.2, -0.15) is 0 Å². The Labute approximate surface area is 185 Å². The second-order valence-electron chi connectivity index (χ2n) is 7.41. The molecule has 0 saturated carbocycles. The predicted molar refractivity (Wildman–Crippen MR) is 135 cm³/mol. The maximum atomic E-state index is 4.06. The number of rotatable bonds is 7. The molecule has 0 aromatic heterocycles. The quantitative estimate of drug-likeness (QED) is 0.166. The monoisotopic (exact) mass is 398 g/mol. The Morgan fingerprint density at radius 1 is 0.548 bits per heavy atom. The van der Waals surface area contributed by atoms with Crippen molar-refractivity contribution in [2.75, 3.05) is 0 Å². The van der Waals surface area contributed by atoms with Crippen LogP contribution in [0.2, 0.25) is 0 Å². The third kappa shape index (κ3) is 4.99. The zero-order valence-electron chi connectivity index (χ0n) is 17.6. The Morgan fingerprint density at radius 2 is 1.00 bits per heavy atom. The highest BCUT2D eigenvalue weighted by Crippen LogP contribution is 2.40. The number of hydrogen-bond acceptors (Lipinski definition) is 0. The summed E-state index contributed by atoms with van der Waals surface area (Å²) in [6, 6.07) is 42.5. The molecule has 0 saturated heterocycles. The molecule has 4 aromatic rings. The Bertz CT molecular complexity index is 1170. The van der Waals surface area contributed by atoms with Gasteiger partial charge in [0.15, 0.2) is 0 Å². The predicted octanol–water partition coefficient (Wildman–Crippen LogP) is 8.41. The summed E-state index contributed by atoms with van der Waals surface area (Å²) in [5, 5.41) is 0. The van der Waals surface area contributed by atoms with Crippen LogP contribution in [0.5, 0.6) is 0 Å². The molecule has 4 rings (SSSR count). The Kier molecular flexibility index (Phi) is 6.72. The summed E-state index contributed by atoms with van der Waals surface area (Å²) in [7, 11) is 0. The molecular formula is C31H26. The van der Waals surface area contributed by atoms with Crippen LogP contribution in [0.3, 0.4) is 0 Å². The maximum absolute atomic E-state index is 4.06. The van der Waals surface area contributed by atoms with Gasteiger partial charge in [-0.3, -0.25) is 0 Å². The van der Waals surface area contributed by atoms with Crippen molar-refractivity contribution in [1.82, 2.24) is 0 Å². The summed E-state index contributed by atoms with van der Waals surface area (Å²) in [5.74, 6) is 0. The lowest BCUT2D eigenvalue weighted by Crippen LogP contribution is -1.97. The van der Waals surface area contributed by atoms with Crippen molar-refractivity contribution in [1.29, 1.82) is 0 Å². The van der Waals surface area contributed by atoms with Crippen LogP contribution in [0.4, 0.5) is 0 Å². The van der Waals surface area contributed by atoms with Gasteiger partial charge < -0.3 is 0 Å². The molecule has 0 aliphatic rings. The van der Waals surface area contributed by atoms with E-state index in [-0.39, 0.29) is 0 Å². The van der Waals surface area contributed by atoms with E-state index in [1.165, 1.54) is 39.0 Å². The van der Waals surface area contributed by atoms with Crippen LogP contribution in [0.1, 0.15) is 28.7 Å². The van der Waals surface area contributed by atoms with Crippen LogP contribution in [0.25, 0.3) is 22.8 Å². The number of benzene rings is 4. The molecular weight excluding hydrogens is 372 g/mol. The first-order valence-corrected chi connectivity index (χ1v) is 10.6. The maximum Gasteiger partial charge on any atom is -0.00640 e. The summed E-state index contributed by atoms with van der Waals surface area (Å²) in [6.45, 7) is 4.06. The largest absolute Gasteiger partial charge is 0.103 e. The molecule has 0 fully saturated rings. The van der Waals surface area contributed by atoms with E-state index >= 15 is 0 Å². The van der Waals surface area contributed by atoms with E-state index in [2.05, 4.69) is 134 Å². The Hall–Kier alpha value is -3.90. The minimum atomic E-state index is 0.785. The molecule has 0 radical (unpaired) electrons. The summed E-state index contributed by atoms with van der Waals surface area (Å²) in [6.07, 6.45) is 5.08. The van der Waals surface area contributed by atoms with Gasteiger partial charge in [0, 0.05) is 0 Å². The molecule has 0 bridgehead atoms. The molecule has 0 N–H and O–H groups in total. The van der Waals surface area contributed by atoms with Crippen molar-refractivity contribution in [2.45, 2.75) is 6.42 Å². The summed E-state index contributed by atoms with van der Waals surface area (Å²) in [4.78, 5) is 0. The van der Waals surface area contributed by atoms with Crippen molar-refractivity contribution in [2.24, 2.45) is 0 Å². The van der Waals surface area contributed by atoms with E-state index < -0.39 is 0 Å². The van der Waals surface area contributed by atoms with E-state index in [1.807, 2.05) is 6.08 Å². The molecule has 0 nitrogen and oxygen atoms in total. The topological polar surface area (TPSA) is 0 Å². The van der Waals surface area contributed by atoms with Crippen LogP contribution in [-0.4, -0.2) is 0 Å². The molecule has 0 unspecified atom stereocenters. The molecule has 0 aliphatic heterocycles. The highest BCUT2D eigenvalue weighted by molar-refractivity contribution is 6.19. The van der Waals surface area contributed by atoms with Crippen molar-refractivity contribution < 1.29 is 0 Å². The molecule has 31 heavy (non-hydrogen) atoms. The molecule has 0 heterocycles. The molecule has 0 heteroatoms. The van der Waals surface area contributed by atoms with Gasteiger partial charge in [-0.05, 0) is 51.5 Å². The highest BCUT2D eigenvalue weighted by atomic mass is 14.2. The first-order chi connectivity index (χ1) is 15.4. The molecule has 0 atom stereocenters. The van der Waals surface area contributed by atoms with E-state index in [4.69, 9.17) is 0 Å². The second-order valence-corrected chi connectivity index (χ2v) is 7.41. The fourth-order valence-electron chi connectivity index (χ4n) is 3.88. The van der Waals surface area contributed by atoms with Crippen molar-refractivity contribution in [3.8, 4) is 0 Å². The Balaban J connectivity index is 2.06. The summed E-state index contributed by atoms with van der Waals surface area (Å²) < 4.78 is 0. The smallest absolute Gasteiger partial charge is 0.00640 e. The van der Waals surface area contributed by atoms with E-state index in [0.29, 0.717) is 0 Å². The molecule has 0 aliphatic carbocycles. The van der Waals surface area contributed by atoms with Gasteiger partial charge in [-0.1, -0.05) is 127 Å². The normalized spacial score (nSPS) is 12.2. The van der Waals surface area contributed by atoms with Gasteiger partial charge >= 0.3 is 0 Å². The van der Waals surface area contributed by atoms with E-state index in [0.717, 1.165) is 6.42 Å². The van der Waals surface area contributed by atoms with Gasteiger partial charge in [-0.15, -0.1) is 6.58 Å². The SMILES string of the molecule is C=CC/C(=C(/C(=C/c1ccccc1)c1ccccc1)c1ccccc1)c1ccccc1. The molecule has 4 aromatic carbocycles. The fraction of sp³-hybridized carbons (Fsp3) is 0.0323. The van der Waals surface area contributed by atoms with Gasteiger partial charge in [0.25, 0.3) is 0 Å². The average molecular weight is 399 g/mol. The van der Waals surface area contributed by atoms with Crippen LogP contribution < -0.4 is 0 Å². The van der Waals surface area contributed by atoms with Crippen molar-refractivity contribution in [3.05, 3.63) is 156 Å². The molecule has 150 valence electrons. The molecule has 0 amide bonds.